The van der Waals surface area contributed by atoms with Gasteiger partial charge in [-0.05, 0) is 19.3 Å². The molecule has 0 aliphatic rings. The third-order valence-corrected chi connectivity index (χ3v) is 5.71. The molecule has 0 fully saturated rings. The van der Waals surface area contributed by atoms with Gasteiger partial charge in [0.1, 0.15) is 0 Å². The van der Waals surface area contributed by atoms with Crippen molar-refractivity contribution in [2.45, 2.75) is 116 Å². The fourth-order valence-corrected chi connectivity index (χ4v) is 3.77. The fraction of sp³-hybridized carbons (Fsp3) is 0.952. The molecule has 0 aliphatic heterocycles. The number of hydrogen-bond donors (Lipinski definition) is 2. The molecule has 27 heavy (non-hydrogen) atoms. The van der Waals surface area contributed by atoms with E-state index in [1.165, 1.54) is 77.0 Å². The van der Waals surface area contributed by atoms with Crippen molar-refractivity contribution in [3.8, 4) is 0 Å². The van der Waals surface area contributed by atoms with E-state index in [0.717, 1.165) is 12.8 Å². The van der Waals surface area contributed by atoms with Crippen LogP contribution in [-0.4, -0.2) is 31.2 Å². The third kappa shape index (κ3) is 23.3. The standard InChI is InChI=1S/C21H43NO4S/c1-2-3-4-5-6-7-8-9-10-11-12-13-14-15-18-21(23)22-19-16-17-20-27(24,25)26/h2-20H2,1H3,(H,22,23)(H,24,25,26). The van der Waals surface area contributed by atoms with E-state index in [-0.39, 0.29) is 11.7 Å². The molecule has 0 aliphatic carbocycles. The lowest BCUT2D eigenvalue weighted by Crippen LogP contribution is -2.24. The molecule has 162 valence electrons. The highest BCUT2D eigenvalue weighted by atomic mass is 32.2. The van der Waals surface area contributed by atoms with Crippen LogP contribution in [0.15, 0.2) is 0 Å². The van der Waals surface area contributed by atoms with Crippen molar-refractivity contribution in [1.82, 2.24) is 5.32 Å². The van der Waals surface area contributed by atoms with Crippen LogP contribution in [0.5, 0.6) is 0 Å². The molecule has 0 unspecified atom stereocenters. The average Bonchev–Trinajstić information content (AvgIpc) is 2.60. The van der Waals surface area contributed by atoms with Gasteiger partial charge in [-0.1, -0.05) is 90.4 Å². The molecule has 0 heterocycles. The molecular weight excluding hydrogens is 362 g/mol. The van der Waals surface area contributed by atoms with Crippen molar-refractivity contribution in [3.63, 3.8) is 0 Å². The Hall–Kier alpha value is -0.620. The minimum atomic E-state index is -3.87. The molecule has 5 nitrogen and oxygen atoms in total. The molecule has 0 spiro atoms. The molecule has 0 bridgehead atoms. The summed E-state index contributed by atoms with van der Waals surface area (Å²) in [6, 6.07) is 0. The van der Waals surface area contributed by atoms with E-state index in [1.54, 1.807) is 0 Å². The van der Waals surface area contributed by atoms with Crippen LogP contribution in [0.3, 0.4) is 0 Å². The summed E-state index contributed by atoms with van der Waals surface area (Å²) >= 11 is 0. The highest BCUT2D eigenvalue weighted by Crippen LogP contribution is 2.13. The predicted molar refractivity (Wildman–Crippen MR) is 114 cm³/mol. The molecule has 0 aromatic carbocycles. The first-order chi connectivity index (χ1) is 13.0. The third-order valence-electron chi connectivity index (χ3n) is 4.91. The Kier molecular flexibility index (Phi) is 18.3. The topological polar surface area (TPSA) is 83.5 Å². The minimum absolute atomic E-state index is 0.0424. The van der Waals surface area contributed by atoms with Crippen LogP contribution in [-0.2, 0) is 14.9 Å². The summed E-state index contributed by atoms with van der Waals surface area (Å²) in [5.41, 5.74) is 0. The van der Waals surface area contributed by atoms with Crippen LogP contribution >= 0.6 is 0 Å². The lowest BCUT2D eigenvalue weighted by atomic mass is 10.0. The summed E-state index contributed by atoms with van der Waals surface area (Å²) in [4.78, 5) is 11.6. The molecule has 0 aromatic heterocycles. The zero-order valence-corrected chi connectivity index (χ0v) is 18.3. The van der Waals surface area contributed by atoms with Gasteiger partial charge in [-0.2, -0.15) is 8.42 Å². The van der Waals surface area contributed by atoms with Crippen molar-refractivity contribution < 1.29 is 17.8 Å². The van der Waals surface area contributed by atoms with Crippen LogP contribution in [0.2, 0.25) is 0 Å². The van der Waals surface area contributed by atoms with Gasteiger partial charge in [0, 0.05) is 13.0 Å². The summed E-state index contributed by atoms with van der Waals surface area (Å²) in [5.74, 6) is -0.192. The molecule has 1 amide bonds. The van der Waals surface area contributed by atoms with Crippen LogP contribution in [0, 0.1) is 0 Å². The monoisotopic (exact) mass is 405 g/mol. The highest BCUT2D eigenvalue weighted by molar-refractivity contribution is 7.85. The SMILES string of the molecule is CCCCCCCCCCCCCCCCC(=O)NCCCCS(=O)(=O)O. The minimum Gasteiger partial charge on any atom is -0.356 e. The number of hydrogen-bond acceptors (Lipinski definition) is 3. The van der Waals surface area contributed by atoms with E-state index in [0.29, 0.717) is 25.8 Å². The average molecular weight is 406 g/mol. The number of carbonyl (C=O) groups excluding carboxylic acids is 1. The van der Waals surface area contributed by atoms with E-state index in [2.05, 4.69) is 12.2 Å². The Morgan fingerprint density at radius 2 is 1.15 bits per heavy atom. The maximum Gasteiger partial charge on any atom is 0.264 e. The maximum absolute atomic E-state index is 11.6. The lowest BCUT2D eigenvalue weighted by Gasteiger charge is -2.05. The van der Waals surface area contributed by atoms with Crippen molar-refractivity contribution in [1.29, 1.82) is 0 Å². The van der Waals surface area contributed by atoms with E-state index < -0.39 is 10.1 Å². The smallest absolute Gasteiger partial charge is 0.264 e. The van der Waals surface area contributed by atoms with E-state index >= 15 is 0 Å². The lowest BCUT2D eigenvalue weighted by molar-refractivity contribution is -0.121. The van der Waals surface area contributed by atoms with E-state index in [9.17, 15) is 13.2 Å². The molecule has 0 aromatic rings. The molecule has 0 radical (unpaired) electrons. The normalized spacial score (nSPS) is 11.6. The molecule has 0 saturated heterocycles. The number of amides is 1. The highest BCUT2D eigenvalue weighted by Gasteiger charge is 2.04. The van der Waals surface area contributed by atoms with E-state index in [4.69, 9.17) is 4.55 Å². The first-order valence-electron chi connectivity index (χ1n) is 11.2. The van der Waals surface area contributed by atoms with Gasteiger partial charge in [0.05, 0.1) is 5.75 Å². The predicted octanol–water partition coefficient (Wildman–Crippen LogP) is 5.64. The van der Waals surface area contributed by atoms with Gasteiger partial charge in [0.2, 0.25) is 5.91 Å². The first kappa shape index (κ1) is 26.4. The van der Waals surface area contributed by atoms with Gasteiger partial charge in [-0.25, -0.2) is 0 Å². The molecule has 0 rings (SSSR count). The van der Waals surface area contributed by atoms with Crippen molar-refractivity contribution in [3.05, 3.63) is 0 Å². The summed E-state index contributed by atoms with van der Waals surface area (Å²) in [5, 5.41) is 2.80. The second-order valence-corrected chi connectivity index (χ2v) is 9.26. The van der Waals surface area contributed by atoms with Crippen molar-refractivity contribution in [2.75, 3.05) is 12.3 Å². The molecule has 0 saturated carbocycles. The zero-order valence-electron chi connectivity index (χ0n) is 17.5. The maximum atomic E-state index is 11.6. The summed E-state index contributed by atoms with van der Waals surface area (Å²) in [6.07, 6.45) is 19.8. The first-order valence-corrected chi connectivity index (χ1v) is 12.8. The van der Waals surface area contributed by atoms with Crippen LogP contribution in [0.4, 0.5) is 0 Å². The van der Waals surface area contributed by atoms with Gasteiger partial charge in [-0.15, -0.1) is 0 Å². The Labute approximate surface area is 167 Å². The Bertz CT molecular complexity index is 437. The Balaban J connectivity index is 3.20. The number of rotatable bonds is 20. The van der Waals surface area contributed by atoms with Gasteiger partial charge >= 0.3 is 0 Å². The molecule has 0 atom stereocenters. The number of unbranched alkanes of at least 4 members (excludes halogenated alkanes) is 14. The van der Waals surface area contributed by atoms with Gasteiger partial charge in [-0.3, -0.25) is 9.35 Å². The molecule has 2 N–H and O–H groups in total. The summed E-state index contributed by atoms with van der Waals surface area (Å²) < 4.78 is 29.7. The second kappa shape index (κ2) is 18.7. The molecule has 6 heteroatoms. The quantitative estimate of drug-likeness (QED) is 0.203. The van der Waals surface area contributed by atoms with Gasteiger partial charge in [0.25, 0.3) is 10.1 Å². The second-order valence-electron chi connectivity index (χ2n) is 7.69. The molecular formula is C21H43NO4S. The Morgan fingerprint density at radius 3 is 1.59 bits per heavy atom. The summed E-state index contributed by atoms with van der Waals surface area (Å²) in [7, 11) is -3.87. The zero-order chi connectivity index (χ0) is 20.2. The van der Waals surface area contributed by atoms with Gasteiger partial charge < -0.3 is 5.32 Å². The number of nitrogens with one attached hydrogen (secondary N) is 1. The van der Waals surface area contributed by atoms with Crippen LogP contribution in [0.1, 0.15) is 116 Å². The number of carbonyl (C=O) groups is 1. The Morgan fingerprint density at radius 1 is 0.704 bits per heavy atom. The van der Waals surface area contributed by atoms with Crippen LogP contribution < -0.4 is 5.32 Å². The summed E-state index contributed by atoms with van der Waals surface area (Å²) in [6.45, 7) is 2.74. The van der Waals surface area contributed by atoms with E-state index in [1.807, 2.05) is 0 Å². The van der Waals surface area contributed by atoms with Crippen LogP contribution in [0.25, 0.3) is 0 Å². The van der Waals surface area contributed by atoms with Gasteiger partial charge in [0.15, 0.2) is 0 Å². The van der Waals surface area contributed by atoms with Crippen molar-refractivity contribution >= 4 is 16.0 Å². The largest absolute Gasteiger partial charge is 0.356 e. The fourth-order valence-electron chi connectivity index (χ4n) is 3.21. The van der Waals surface area contributed by atoms with Crippen molar-refractivity contribution in [2.24, 2.45) is 0 Å².